The number of aliphatic imine (C=N–C) groups is 1. The molecule has 152 valence electrons. The standard InChI is InChI=1S/C21H18N4O3S2/c1-20(10-30(26,27)21(6-7-21)19(22)24-20)13-3-5-17-15(9-13)14-8-12(2-4-16(14)29-17)18-25-23-11-28-18/h2-5,8-9,11H,6-7,10H2,1H3,(H2,22,24)/t20-/m0/s1. The van der Waals surface area contributed by atoms with Crippen molar-refractivity contribution in [1.29, 1.82) is 0 Å². The van der Waals surface area contributed by atoms with Crippen molar-refractivity contribution in [2.45, 2.75) is 30.1 Å². The van der Waals surface area contributed by atoms with Gasteiger partial charge >= 0.3 is 0 Å². The number of hydrogen-bond acceptors (Lipinski definition) is 8. The minimum atomic E-state index is -3.35. The van der Waals surface area contributed by atoms with Crippen LogP contribution < -0.4 is 5.73 Å². The Bertz CT molecular complexity index is 1470. The van der Waals surface area contributed by atoms with Crippen LogP contribution in [0.25, 0.3) is 31.6 Å². The molecule has 2 aromatic heterocycles. The van der Waals surface area contributed by atoms with E-state index in [-0.39, 0.29) is 11.6 Å². The van der Waals surface area contributed by atoms with Crippen molar-refractivity contribution in [2.75, 3.05) is 5.75 Å². The zero-order valence-corrected chi connectivity index (χ0v) is 17.8. The highest BCUT2D eigenvalue weighted by molar-refractivity contribution is 7.94. The second-order valence-corrected chi connectivity index (χ2v) is 11.7. The Morgan fingerprint density at radius 2 is 1.83 bits per heavy atom. The summed E-state index contributed by atoms with van der Waals surface area (Å²) in [5, 5.41) is 9.85. The lowest BCUT2D eigenvalue weighted by Gasteiger charge is -2.34. The van der Waals surface area contributed by atoms with Gasteiger partial charge < -0.3 is 10.2 Å². The first-order chi connectivity index (χ1) is 14.3. The highest BCUT2D eigenvalue weighted by atomic mass is 32.2. The summed E-state index contributed by atoms with van der Waals surface area (Å²) in [6.07, 6.45) is 2.46. The van der Waals surface area contributed by atoms with Crippen LogP contribution in [0.3, 0.4) is 0 Å². The molecule has 0 unspecified atom stereocenters. The lowest BCUT2D eigenvalue weighted by Crippen LogP contribution is -2.50. The monoisotopic (exact) mass is 438 g/mol. The third kappa shape index (κ3) is 2.36. The Kier molecular flexibility index (Phi) is 3.41. The molecule has 6 rings (SSSR count). The molecule has 2 aromatic carbocycles. The van der Waals surface area contributed by atoms with Gasteiger partial charge in [0.2, 0.25) is 12.3 Å². The fraction of sp³-hybridized carbons (Fsp3) is 0.286. The molecule has 1 aliphatic heterocycles. The van der Waals surface area contributed by atoms with E-state index < -0.39 is 20.1 Å². The summed E-state index contributed by atoms with van der Waals surface area (Å²) in [7, 11) is -3.35. The summed E-state index contributed by atoms with van der Waals surface area (Å²) in [6, 6.07) is 12.1. The molecule has 2 N–H and O–H groups in total. The minimum Gasteiger partial charge on any atom is -0.423 e. The Balaban J connectivity index is 1.53. The SMILES string of the molecule is C[C@@]1(c2ccc3sc4ccc(-c5nnco5)cc4c3c2)CS(=O)(=O)C2(CC2)C(N)=N1. The molecule has 1 saturated carbocycles. The molecule has 9 heteroatoms. The number of nitrogens with two attached hydrogens (primary N) is 1. The summed E-state index contributed by atoms with van der Waals surface area (Å²) in [5.41, 5.74) is 6.96. The Morgan fingerprint density at radius 1 is 1.10 bits per heavy atom. The molecule has 1 aliphatic carbocycles. The van der Waals surface area contributed by atoms with Gasteiger partial charge in [0.05, 0.1) is 11.3 Å². The van der Waals surface area contributed by atoms with Crippen molar-refractivity contribution in [3.8, 4) is 11.5 Å². The number of rotatable bonds is 2. The van der Waals surface area contributed by atoms with Crippen LogP contribution in [0.15, 0.2) is 52.2 Å². The molecule has 2 aliphatic rings. The average Bonchev–Trinajstić information content (AvgIpc) is 3.20. The largest absolute Gasteiger partial charge is 0.423 e. The number of fused-ring (bicyclic) bond motifs is 3. The number of amidine groups is 1. The first-order valence-corrected chi connectivity index (χ1v) is 12.1. The van der Waals surface area contributed by atoms with E-state index in [1.807, 2.05) is 43.3 Å². The highest BCUT2D eigenvalue weighted by Gasteiger charge is 2.62. The van der Waals surface area contributed by atoms with Gasteiger partial charge in [-0.2, -0.15) is 0 Å². The van der Waals surface area contributed by atoms with E-state index in [0.717, 1.165) is 31.3 Å². The summed E-state index contributed by atoms with van der Waals surface area (Å²) in [4.78, 5) is 4.71. The van der Waals surface area contributed by atoms with Crippen LogP contribution in [-0.2, 0) is 15.4 Å². The predicted octanol–water partition coefficient (Wildman–Crippen LogP) is 3.64. The van der Waals surface area contributed by atoms with Gasteiger partial charge in [-0.3, -0.25) is 4.99 Å². The summed E-state index contributed by atoms with van der Waals surface area (Å²) in [5.74, 6) is 0.691. The second-order valence-electron chi connectivity index (χ2n) is 8.29. The lowest BCUT2D eigenvalue weighted by molar-refractivity contribution is 0.513. The van der Waals surface area contributed by atoms with Crippen molar-refractivity contribution in [3.05, 3.63) is 48.4 Å². The van der Waals surface area contributed by atoms with E-state index in [9.17, 15) is 8.42 Å². The number of hydrogen-bond donors (Lipinski definition) is 1. The molecule has 4 aromatic rings. The zero-order valence-electron chi connectivity index (χ0n) is 16.1. The van der Waals surface area contributed by atoms with E-state index in [1.54, 1.807) is 11.3 Å². The average molecular weight is 439 g/mol. The van der Waals surface area contributed by atoms with Crippen LogP contribution >= 0.6 is 11.3 Å². The van der Waals surface area contributed by atoms with Crippen LogP contribution in [0.5, 0.6) is 0 Å². The van der Waals surface area contributed by atoms with Crippen LogP contribution in [0.2, 0.25) is 0 Å². The third-order valence-corrected chi connectivity index (χ3v) is 10.2. The highest BCUT2D eigenvalue weighted by Crippen LogP contribution is 2.50. The number of nitrogens with zero attached hydrogens (tertiary/aromatic N) is 3. The van der Waals surface area contributed by atoms with E-state index in [2.05, 4.69) is 10.2 Å². The maximum Gasteiger partial charge on any atom is 0.247 e. The number of thiophene rings is 1. The Morgan fingerprint density at radius 3 is 2.50 bits per heavy atom. The molecule has 30 heavy (non-hydrogen) atoms. The van der Waals surface area contributed by atoms with E-state index in [1.165, 1.54) is 6.39 Å². The molecule has 0 amide bonds. The summed E-state index contributed by atoms with van der Waals surface area (Å²) < 4.78 is 32.6. The van der Waals surface area contributed by atoms with Gasteiger partial charge in [-0.15, -0.1) is 21.5 Å². The molecule has 1 atom stereocenters. The molecule has 1 spiro atoms. The smallest absolute Gasteiger partial charge is 0.247 e. The van der Waals surface area contributed by atoms with Gasteiger partial charge in [0, 0.05) is 25.7 Å². The van der Waals surface area contributed by atoms with Crippen molar-refractivity contribution >= 4 is 47.2 Å². The van der Waals surface area contributed by atoms with Crippen LogP contribution in [-0.4, -0.2) is 35.0 Å². The van der Waals surface area contributed by atoms with E-state index in [0.29, 0.717) is 18.7 Å². The zero-order chi connectivity index (χ0) is 20.7. The molecular formula is C21H18N4O3S2. The van der Waals surface area contributed by atoms with Gasteiger partial charge in [-0.25, -0.2) is 8.42 Å². The molecule has 3 heterocycles. The second kappa shape index (κ2) is 5.67. The van der Waals surface area contributed by atoms with Crippen molar-refractivity contribution in [2.24, 2.45) is 10.7 Å². The van der Waals surface area contributed by atoms with Crippen LogP contribution in [0.4, 0.5) is 0 Å². The first-order valence-electron chi connectivity index (χ1n) is 9.63. The molecule has 0 radical (unpaired) electrons. The van der Waals surface area contributed by atoms with E-state index >= 15 is 0 Å². The maximum absolute atomic E-state index is 13.0. The third-order valence-electron chi connectivity index (χ3n) is 6.30. The molecule has 0 bridgehead atoms. The van der Waals surface area contributed by atoms with Gasteiger partial charge in [0.25, 0.3) is 0 Å². The molecule has 7 nitrogen and oxygen atoms in total. The topological polar surface area (TPSA) is 111 Å². The lowest BCUT2D eigenvalue weighted by atomic mass is 9.92. The minimum absolute atomic E-state index is 0.0263. The Labute approximate surface area is 176 Å². The number of benzene rings is 2. The first kappa shape index (κ1) is 18.0. The predicted molar refractivity (Wildman–Crippen MR) is 117 cm³/mol. The quantitative estimate of drug-likeness (QED) is 0.511. The molecular weight excluding hydrogens is 420 g/mol. The maximum atomic E-state index is 13.0. The van der Waals surface area contributed by atoms with Gasteiger partial charge in [0.1, 0.15) is 10.6 Å². The van der Waals surface area contributed by atoms with Gasteiger partial charge in [0.15, 0.2) is 9.84 Å². The van der Waals surface area contributed by atoms with E-state index in [4.69, 9.17) is 15.1 Å². The van der Waals surface area contributed by atoms with Crippen molar-refractivity contribution < 1.29 is 12.8 Å². The summed E-state index contributed by atoms with van der Waals surface area (Å²) >= 11 is 1.69. The summed E-state index contributed by atoms with van der Waals surface area (Å²) in [6.45, 7) is 1.85. The van der Waals surface area contributed by atoms with Crippen LogP contribution in [0.1, 0.15) is 25.3 Å². The fourth-order valence-electron chi connectivity index (χ4n) is 4.44. The van der Waals surface area contributed by atoms with Gasteiger partial charge in [-0.05, 0) is 55.7 Å². The number of aromatic nitrogens is 2. The van der Waals surface area contributed by atoms with Crippen molar-refractivity contribution in [1.82, 2.24) is 10.2 Å². The van der Waals surface area contributed by atoms with Crippen LogP contribution in [0, 0.1) is 0 Å². The molecule has 0 saturated heterocycles. The molecule has 1 fully saturated rings. The van der Waals surface area contributed by atoms with Gasteiger partial charge in [-0.1, -0.05) is 6.07 Å². The fourth-order valence-corrected chi connectivity index (χ4v) is 7.84. The number of sulfone groups is 1. The normalized spacial score (nSPS) is 24.4. The van der Waals surface area contributed by atoms with Crippen molar-refractivity contribution in [3.63, 3.8) is 0 Å². The Hall–Kier alpha value is -2.78.